The van der Waals surface area contributed by atoms with E-state index >= 15 is 0 Å². The molecule has 0 spiro atoms. The second-order valence-corrected chi connectivity index (χ2v) is 7.69. The van der Waals surface area contributed by atoms with E-state index in [2.05, 4.69) is 37.3 Å². The van der Waals surface area contributed by atoms with Crippen molar-refractivity contribution in [2.24, 2.45) is 0 Å². The van der Waals surface area contributed by atoms with Crippen LogP contribution in [0.25, 0.3) is 5.65 Å². The molecule has 1 amide bonds. The Kier molecular flexibility index (Phi) is 4.82. The fourth-order valence-corrected chi connectivity index (χ4v) is 3.72. The standard InChI is InChI=1S/C19H21BrN4O2/c1-13-2-4-17(26-13)19(25)22-15-6-8-23(9-7-15)11-16-12-24-10-14(20)3-5-18(24)21-16/h2-5,10,12,15H,6-9,11H2,1H3,(H,22,25). The number of likely N-dealkylation sites (tertiary alicyclic amines) is 1. The first-order valence-electron chi connectivity index (χ1n) is 8.79. The molecule has 4 heterocycles. The highest BCUT2D eigenvalue weighted by Crippen LogP contribution is 2.17. The molecule has 0 bridgehead atoms. The van der Waals surface area contributed by atoms with Gasteiger partial charge in [-0.3, -0.25) is 9.69 Å². The Bertz CT molecular complexity index is 925. The Hall–Kier alpha value is -2.12. The predicted molar refractivity (Wildman–Crippen MR) is 102 cm³/mol. The third-order valence-corrected chi connectivity index (χ3v) is 5.21. The van der Waals surface area contributed by atoms with Crippen LogP contribution in [-0.4, -0.2) is 39.3 Å². The number of fused-ring (bicyclic) bond motifs is 1. The number of hydrogen-bond acceptors (Lipinski definition) is 4. The summed E-state index contributed by atoms with van der Waals surface area (Å²) in [6.45, 7) is 4.56. The number of carbonyl (C=O) groups is 1. The highest BCUT2D eigenvalue weighted by atomic mass is 79.9. The molecule has 1 aliphatic heterocycles. The molecule has 136 valence electrons. The average molecular weight is 417 g/mol. The van der Waals surface area contributed by atoms with E-state index in [9.17, 15) is 4.79 Å². The normalized spacial score (nSPS) is 16.2. The maximum Gasteiger partial charge on any atom is 0.287 e. The van der Waals surface area contributed by atoms with Crippen LogP contribution in [0.2, 0.25) is 0 Å². The number of nitrogens with one attached hydrogen (secondary N) is 1. The average Bonchev–Trinajstić information content (AvgIpc) is 3.22. The number of rotatable bonds is 4. The first kappa shape index (κ1) is 17.3. The molecule has 1 saturated heterocycles. The number of furan rings is 1. The lowest BCUT2D eigenvalue weighted by Gasteiger charge is -2.31. The lowest BCUT2D eigenvalue weighted by atomic mass is 10.0. The summed E-state index contributed by atoms with van der Waals surface area (Å²) in [7, 11) is 0. The minimum Gasteiger partial charge on any atom is -0.456 e. The molecule has 0 saturated carbocycles. The van der Waals surface area contributed by atoms with Crippen LogP contribution in [0.3, 0.4) is 0 Å². The summed E-state index contributed by atoms with van der Waals surface area (Å²) < 4.78 is 8.47. The second-order valence-electron chi connectivity index (χ2n) is 6.78. The van der Waals surface area contributed by atoms with Crippen molar-refractivity contribution in [2.75, 3.05) is 13.1 Å². The van der Waals surface area contributed by atoms with Gasteiger partial charge in [0.25, 0.3) is 5.91 Å². The Labute approximate surface area is 160 Å². The van der Waals surface area contributed by atoms with Crippen molar-refractivity contribution in [3.05, 3.63) is 58.3 Å². The van der Waals surface area contributed by atoms with Gasteiger partial charge in [-0.15, -0.1) is 0 Å². The van der Waals surface area contributed by atoms with E-state index < -0.39 is 0 Å². The SMILES string of the molecule is Cc1ccc(C(=O)NC2CCN(Cc3cn4cc(Br)ccc4n3)CC2)o1. The summed E-state index contributed by atoms with van der Waals surface area (Å²) >= 11 is 3.48. The van der Waals surface area contributed by atoms with Crippen molar-refractivity contribution in [2.45, 2.75) is 32.4 Å². The van der Waals surface area contributed by atoms with Gasteiger partial charge in [0.15, 0.2) is 5.76 Å². The topological polar surface area (TPSA) is 62.8 Å². The van der Waals surface area contributed by atoms with Crippen molar-refractivity contribution in [1.29, 1.82) is 0 Å². The molecule has 3 aromatic heterocycles. The quantitative estimate of drug-likeness (QED) is 0.707. The predicted octanol–water partition coefficient (Wildman–Crippen LogP) is 3.39. The van der Waals surface area contributed by atoms with Crippen LogP contribution in [0.5, 0.6) is 0 Å². The van der Waals surface area contributed by atoms with Gasteiger partial charge in [0, 0.05) is 42.5 Å². The van der Waals surface area contributed by atoms with Crippen LogP contribution in [-0.2, 0) is 6.54 Å². The fourth-order valence-electron chi connectivity index (χ4n) is 3.37. The number of aryl methyl sites for hydroxylation is 1. The molecule has 6 nitrogen and oxygen atoms in total. The Balaban J connectivity index is 1.31. The van der Waals surface area contributed by atoms with E-state index in [0.717, 1.165) is 54.0 Å². The summed E-state index contributed by atoms with van der Waals surface area (Å²) in [4.78, 5) is 19.3. The van der Waals surface area contributed by atoms with Crippen molar-refractivity contribution < 1.29 is 9.21 Å². The molecular formula is C19H21BrN4O2. The van der Waals surface area contributed by atoms with Crippen LogP contribution >= 0.6 is 15.9 Å². The number of pyridine rings is 1. The molecule has 0 unspecified atom stereocenters. The number of piperidine rings is 1. The molecule has 4 rings (SSSR count). The van der Waals surface area contributed by atoms with E-state index in [1.165, 1.54) is 0 Å². The van der Waals surface area contributed by atoms with Gasteiger partial charge in [-0.05, 0) is 60.0 Å². The number of aromatic nitrogens is 2. The summed E-state index contributed by atoms with van der Waals surface area (Å²) in [5.74, 6) is 1.02. The van der Waals surface area contributed by atoms with E-state index in [0.29, 0.717) is 5.76 Å². The van der Waals surface area contributed by atoms with Gasteiger partial charge in [0.1, 0.15) is 11.4 Å². The monoisotopic (exact) mass is 416 g/mol. The third kappa shape index (κ3) is 3.83. The molecule has 3 aromatic rings. The molecule has 0 aromatic carbocycles. The van der Waals surface area contributed by atoms with Gasteiger partial charge in [-0.1, -0.05) is 0 Å². The number of amides is 1. The minimum atomic E-state index is -0.123. The molecule has 1 N–H and O–H groups in total. The Morgan fingerprint density at radius 3 is 2.81 bits per heavy atom. The van der Waals surface area contributed by atoms with E-state index in [-0.39, 0.29) is 11.9 Å². The highest BCUT2D eigenvalue weighted by Gasteiger charge is 2.22. The third-order valence-electron chi connectivity index (χ3n) is 4.74. The zero-order valence-electron chi connectivity index (χ0n) is 14.6. The van der Waals surface area contributed by atoms with Gasteiger partial charge in [-0.25, -0.2) is 4.98 Å². The highest BCUT2D eigenvalue weighted by molar-refractivity contribution is 9.10. The molecule has 7 heteroatoms. The molecule has 0 radical (unpaired) electrons. The molecule has 1 fully saturated rings. The summed E-state index contributed by atoms with van der Waals surface area (Å²) in [6, 6.07) is 7.74. The van der Waals surface area contributed by atoms with Crippen molar-refractivity contribution in [3.63, 3.8) is 0 Å². The lowest BCUT2D eigenvalue weighted by molar-refractivity contribution is 0.0879. The van der Waals surface area contributed by atoms with Crippen LogP contribution < -0.4 is 5.32 Å². The molecule has 0 atom stereocenters. The molecule has 1 aliphatic rings. The second kappa shape index (κ2) is 7.25. The maximum atomic E-state index is 12.2. The van der Waals surface area contributed by atoms with Crippen molar-refractivity contribution >= 4 is 27.5 Å². The van der Waals surface area contributed by atoms with Crippen LogP contribution in [0.1, 0.15) is 34.9 Å². The van der Waals surface area contributed by atoms with E-state index in [1.807, 2.05) is 35.7 Å². The lowest BCUT2D eigenvalue weighted by Crippen LogP contribution is -2.44. The zero-order valence-corrected chi connectivity index (χ0v) is 16.2. The smallest absolute Gasteiger partial charge is 0.287 e. The largest absolute Gasteiger partial charge is 0.456 e. The van der Waals surface area contributed by atoms with Crippen molar-refractivity contribution in [3.8, 4) is 0 Å². The number of hydrogen-bond donors (Lipinski definition) is 1. The number of halogens is 1. The van der Waals surface area contributed by atoms with Crippen LogP contribution in [0, 0.1) is 6.92 Å². The van der Waals surface area contributed by atoms with Gasteiger partial charge >= 0.3 is 0 Å². The van der Waals surface area contributed by atoms with Gasteiger partial charge in [-0.2, -0.15) is 0 Å². The molecule has 26 heavy (non-hydrogen) atoms. The summed E-state index contributed by atoms with van der Waals surface area (Å²) in [5, 5.41) is 3.08. The Morgan fingerprint density at radius 2 is 2.08 bits per heavy atom. The van der Waals surface area contributed by atoms with Gasteiger partial charge in [0.05, 0.1) is 5.69 Å². The first-order valence-corrected chi connectivity index (χ1v) is 9.59. The minimum absolute atomic E-state index is 0.123. The zero-order chi connectivity index (χ0) is 18.1. The van der Waals surface area contributed by atoms with Crippen LogP contribution in [0.4, 0.5) is 0 Å². The summed E-state index contributed by atoms with van der Waals surface area (Å²) in [5.41, 5.74) is 2.02. The summed E-state index contributed by atoms with van der Waals surface area (Å²) in [6.07, 6.45) is 5.96. The van der Waals surface area contributed by atoms with Crippen molar-refractivity contribution in [1.82, 2.24) is 19.6 Å². The van der Waals surface area contributed by atoms with Gasteiger partial charge in [0.2, 0.25) is 0 Å². The number of imidazole rings is 1. The van der Waals surface area contributed by atoms with Crippen LogP contribution in [0.15, 0.2) is 45.5 Å². The van der Waals surface area contributed by atoms with E-state index in [1.54, 1.807) is 6.07 Å². The maximum absolute atomic E-state index is 12.2. The number of carbonyl (C=O) groups excluding carboxylic acids is 1. The molecule has 0 aliphatic carbocycles. The first-order chi connectivity index (χ1) is 12.6. The fraction of sp³-hybridized carbons (Fsp3) is 0.368. The Morgan fingerprint density at radius 1 is 1.27 bits per heavy atom. The number of nitrogens with zero attached hydrogens (tertiary/aromatic N) is 3. The molecular weight excluding hydrogens is 396 g/mol. The van der Waals surface area contributed by atoms with E-state index in [4.69, 9.17) is 4.42 Å². The van der Waals surface area contributed by atoms with Gasteiger partial charge < -0.3 is 14.1 Å².